The second-order valence-electron chi connectivity index (χ2n) is 7.09. The second-order valence-corrected chi connectivity index (χ2v) is 7.09. The largest absolute Gasteiger partial charge is 0.469 e. The van der Waals surface area contributed by atoms with E-state index >= 15 is 0 Å². The van der Waals surface area contributed by atoms with Gasteiger partial charge in [-0.3, -0.25) is 4.79 Å². The van der Waals surface area contributed by atoms with Crippen LogP contribution in [0.5, 0.6) is 0 Å². The molecule has 2 unspecified atom stereocenters. The molecule has 0 radical (unpaired) electrons. The molecule has 0 spiro atoms. The molecule has 1 aromatic carbocycles. The number of fused-ring (bicyclic) bond motifs is 3. The fraction of sp³-hybridized carbons (Fsp3) is 0.500. The van der Waals surface area contributed by atoms with Crippen LogP contribution in [0.4, 0.5) is 0 Å². The van der Waals surface area contributed by atoms with Gasteiger partial charge in [-0.05, 0) is 17.9 Å². The number of carbonyl (C=O) groups excluding carboxylic acids is 1. The van der Waals surface area contributed by atoms with Gasteiger partial charge in [-0.15, -0.1) is 0 Å². The third-order valence-electron chi connectivity index (χ3n) is 5.72. The molecule has 24 heavy (non-hydrogen) atoms. The SMILES string of the molecule is COC(=O)C(CC1CCCCC1)C1c2ccccc2-c2cncn21. The first-order valence-electron chi connectivity index (χ1n) is 8.98. The summed E-state index contributed by atoms with van der Waals surface area (Å²) >= 11 is 0. The lowest BCUT2D eigenvalue weighted by Crippen LogP contribution is -2.29. The van der Waals surface area contributed by atoms with E-state index in [1.54, 1.807) is 0 Å². The van der Waals surface area contributed by atoms with Crippen LogP contribution in [-0.2, 0) is 9.53 Å². The Balaban J connectivity index is 1.71. The van der Waals surface area contributed by atoms with Gasteiger partial charge in [-0.25, -0.2) is 4.98 Å². The first-order valence-corrected chi connectivity index (χ1v) is 8.98. The Morgan fingerprint density at radius 3 is 2.88 bits per heavy atom. The molecule has 126 valence electrons. The van der Waals surface area contributed by atoms with Crippen molar-refractivity contribution in [3.63, 3.8) is 0 Å². The minimum Gasteiger partial charge on any atom is -0.469 e. The topological polar surface area (TPSA) is 44.1 Å². The number of aromatic nitrogens is 2. The zero-order chi connectivity index (χ0) is 16.5. The van der Waals surface area contributed by atoms with Crippen LogP contribution in [0.2, 0.25) is 0 Å². The lowest BCUT2D eigenvalue weighted by Gasteiger charge is -2.29. The predicted molar refractivity (Wildman–Crippen MR) is 92.5 cm³/mol. The molecule has 0 amide bonds. The molecule has 1 aliphatic carbocycles. The van der Waals surface area contributed by atoms with Gasteiger partial charge in [0.1, 0.15) is 0 Å². The summed E-state index contributed by atoms with van der Waals surface area (Å²) in [5.41, 5.74) is 3.52. The Hall–Kier alpha value is -2.10. The number of carbonyl (C=O) groups is 1. The summed E-state index contributed by atoms with van der Waals surface area (Å²) in [5, 5.41) is 0. The minimum atomic E-state index is -0.144. The van der Waals surface area contributed by atoms with Crippen LogP contribution in [0, 0.1) is 11.8 Å². The summed E-state index contributed by atoms with van der Waals surface area (Å²) in [4.78, 5) is 17.0. The minimum absolute atomic E-state index is 0.00748. The highest BCUT2D eigenvalue weighted by atomic mass is 16.5. The number of imidazole rings is 1. The van der Waals surface area contributed by atoms with E-state index in [0.717, 1.165) is 12.1 Å². The van der Waals surface area contributed by atoms with E-state index in [2.05, 4.69) is 27.8 Å². The molecule has 0 N–H and O–H groups in total. The molecular weight excluding hydrogens is 300 g/mol. The zero-order valence-corrected chi connectivity index (χ0v) is 14.1. The predicted octanol–water partition coefficient (Wildman–Crippen LogP) is 4.21. The van der Waals surface area contributed by atoms with Crippen molar-refractivity contribution in [1.82, 2.24) is 9.55 Å². The molecule has 4 nitrogen and oxygen atoms in total. The lowest BCUT2D eigenvalue weighted by atomic mass is 9.79. The first kappa shape index (κ1) is 15.4. The summed E-state index contributed by atoms with van der Waals surface area (Å²) in [6.07, 6.45) is 11.0. The summed E-state index contributed by atoms with van der Waals surface area (Å²) in [6.45, 7) is 0. The van der Waals surface area contributed by atoms with Crippen molar-refractivity contribution in [3.8, 4) is 11.3 Å². The normalized spacial score (nSPS) is 21.1. The van der Waals surface area contributed by atoms with Gasteiger partial charge in [0.2, 0.25) is 0 Å². The highest BCUT2D eigenvalue weighted by molar-refractivity contribution is 5.77. The molecule has 0 bridgehead atoms. The molecule has 2 aromatic rings. The number of nitrogens with zero attached hydrogens (tertiary/aromatic N) is 2. The van der Waals surface area contributed by atoms with Crippen LogP contribution >= 0.6 is 0 Å². The second kappa shape index (κ2) is 6.42. The van der Waals surface area contributed by atoms with E-state index in [-0.39, 0.29) is 17.9 Å². The third kappa shape index (κ3) is 2.54. The maximum Gasteiger partial charge on any atom is 0.311 e. The standard InChI is InChI=1S/C20H24N2O2/c1-24-20(23)17(11-14-7-3-2-4-8-14)19-16-10-6-5-9-15(16)18-12-21-13-22(18)19/h5-6,9-10,12-14,17,19H,2-4,7-8,11H2,1H3. The van der Waals surface area contributed by atoms with Crippen molar-refractivity contribution >= 4 is 5.97 Å². The van der Waals surface area contributed by atoms with E-state index in [1.807, 2.05) is 18.6 Å². The van der Waals surface area contributed by atoms with E-state index in [1.165, 1.54) is 50.3 Å². The van der Waals surface area contributed by atoms with Crippen molar-refractivity contribution in [2.75, 3.05) is 7.11 Å². The van der Waals surface area contributed by atoms with Gasteiger partial charge in [0.15, 0.2) is 0 Å². The number of hydrogen-bond acceptors (Lipinski definition) is 3. The Morgan fingerprint density at radius 2 is 2.08 bits per heavy atom. The fourth-order valence-electron chi connectivity index (χ4n) is 4.57. The van der Waals surface area contributed by atoms with E-state index in [9.17, 15) is 4.79 Å². The summed E-state index contributed by atoms with van der Waals surface area (Å²) < 4.78 is 7.36. The highest BCUT2D eigenvalue weighted by Crippen LogP contribution is 2.45. The van der Waals surface area contributed by atoms with Crippen LogP contribution in [0.25, 0.3) is 11.3 Å². The number of esters is 1. The van der Waals surface area contributed by atoms with Gasteiger partial charge in [0, 0.05) is 5.56 Å². The van der Waals surface area contributed by atoms with Crippen LogP contribution in [0.1, 0.15) is 50.1 Å². The van der Waals surface area contributed by atoms with Gasteiger partial charge in [-0.1, -0.05) is 56.4 Å². The monoisotopic (exact) mass is 324 g/mol. The van der Waals surface area contributed by atoms with Crippen LogP contribution in [0.3, 0.4) is 0 Å². The van der Waals surface area contributed by atoms with E-state index < -0.39 is 0 Å². The van der Waals surface area contributed by atoms with Gasteiger partial charge in [-0.2, -0.15) is 0 Å². The molecule has 1 aliphatic heterocycles. The van der Waals surface area contributed by atoms with Crippen molar-refractivity contribution in [1.29, 1.82) is 0 Å². The summed E-state index contributed by atoms with van der Waals surface area (Å²) in [7, 11) is 1.51. The fourth-order valence-corrected chi connectivity index (χ4v) is 4.57. The summed E-state index contributed by atoms with van der Waals surface area (Å²) in [5.74, 6) is 0.388. The number of methoxy groups -OCH3 is 1. The molecular formula is C20H24N2O2. The molecule has 4 rings (SSSR count). The van der Waals surface area contributed by atoms with Crippen LogP contribution in [-0.4, -0.2) is 22.6 Å². The Kier molecular flexibility index (Phi) is 4.13. The van der Waals surface area contributed by atoms with Gasteiger partial charge >= 0.3 is 5.97 Å². The van der Waals surface area contributed by atoms with E-state index in [4.69, 9.17) is 4.74 Å². The molecule has 0 saturated heterocycles. The smallest absolute Gasteiger partial charge is 0.311 e. The maximum atomic E-state index is 12.7. The average Bonchev–Trinajstić information content (AvgIpc) is 3.21. The maximum absolute atomic E-state index is 12.7. The molecule has 2 aliphatic rings. The molecule has 2 atom stereocenters. The molecule has 1 saturated carbocycles. The zero-order valence-electron chi connectivity index (χ0n) is 14.1. The summed E-state index contributed by atoms with van der Waals surface area (Å²) in [6, 6.07) is 8.38. The number of rotatable bonds is 4. The van der Waals surface area contributed by atoms with Crippen molar-refractivity contribution in [2.24, 2.45) is 11.8 Å². The molecule has 1 aromatic heterocycles. The third-order valence-corrected chi connectivity index (χ3v) is 5.72. The highest BCUT2D eigenvalue weighted by Gasteiger charge is 2.39. The number of hydrogen-bond donors (Lipinski definition) is 0. The number of benzene rings is 1. The van der Waals surface area contributed by atoms with Gasteiger partial charge in [0.25, 0.3) is 0 Å². The Labute approximate surface area is 142 Å². The average molecular weight is 324 g/mol. The van der Waals surface area contributed by atoms with Crippen LogP contribution in [0.15, 0.2) is 36.8 Å². The quantitative estimate of drug-likeness (QED) is 0.791. The first-order chi connectivity index (χ1) is 11.8. The molecule has 2 heterocycles. The van der Waals surface area contributed by atoms with Crippen molar-refractivity contribution in [3.05, 3.63) is 42.4 Å². The van der Waals surface area contributed by atoms with E-state index in [0.29, 0.717) is 5.92 Å². The van der Waals surface area contributed by atoms with Crippen molar-refractivity contribution in [2.45, 2.75) is 44.6 Å². The van der Waals surface area contributed by atoms with Crippen LogP contribution < -0.4 is 0 Å². The van der Waals surface area contributed by atoms with Gasteiger partial charge < -0.3 is 9.30 Å². The Morgan fingerprint density at radius 1 is 1.29 bits per heavy atom. The van der Waals surface area contributed by atoms with Gasteiger partial charge in [0.05, 0.1) is 37.3 Å². The lowest BCUT2D eigenvalue weighted by molar-refractivity contribution is -0.147. The molecule has 1 fully saturated rings. The Bertz CT molecular complexity index is 731. The molecule has 4 heteroatoms. The number of ether oxygens (including phenoxy) is 1. The van der Waals surface area contributed by atoms with Crippen molar-refractivity contribution < 1.29 is 9.53 Å².